The van der Waals surface area contributed by atoms with Gasteiger partial charge in [-0.1, -0.05) is 13.0 Å². The third-order valence-electron chi connectivity index (χ3n) is 3.29. The number of ether oxygens (including phenoxy) is 1. The number of aryl methyl sites for hydroxylation is 1. The van der Waals surface area contributed by atoms with Gasteiger partial charge in [-0.25, -0.2) is 4.39 Å². The average molecular weight is 288 g/mol. The smallest absolute Gasteiger partial charge is 0.130 e. The molecule has 1 aromatic heterocycles. The van der Waals surface area contributed by atoms with E-state index in [1.807, 2.05) is 38.1 Å². The first-order chi connectivity index (χ1) is 10.1. The third-order valence-corrected chi connectivity index (χ3v) is 3.29. The molecule has 0 radical (unpaired) electrons. The van der Waals surface area contributed by atoms with Crippen LogP contribution in [0.1, 0.15) is 30.3 Å². The summed E-state index contributed by atoms with van der Waals surface area (Å²) in [6, 6.07) is 10.5. The Morgan fingerprint density at radius 3 is 2.81 bits per heavy atom. The van der Waals surface area contributed by atoms with Crippen molar-refractivity contribution in [3.05, 3.63) is 59.2 Å². The van der Waals surface area contributed by atoms with Crippen molar-refractivity contribution in [2.75, 3.05) is 0 Å². The van der Waals surface area contributed by atoms with E-state index in [0.29, 0.717) is 18.8 Å². The highest BCUT2D eigenvalue weighted by molar-refractivity contribution is 5.30. The molecule has 0 fully saturated rings. The largest absolute Gasteiger partial charge is 0.487 e. The number of aromatic nitrogens is 1. The van der Waals surface area contributed by atoms with Gasteiger partial charge in [0.2, 0.25) is 0 Å². The van der Waals surface area contributed by atoms with Crippen LogP contribution in [0.5, 0.6) is 5.75 Å². The van der Waals surface area contributed by atoms with Gasteiger partial charge in [-0.15, -0.1) is 0 Å². The van der Waals surface area contributed by atoms with E-state index in [2.05, 4.69) is 4.98 Å². The minimum Gasteiger partial charge on any atom is -0.487 e. The van der Waals surface area contributed by atoms with Crippen LogP contribution in [-0.4, -0.2) is 11.0 Å². The van der Waals surface area contributed by atoms with Gasteiger partial charge >= 0.3 is 0 Å². The molecule has 0 aliphatic heterocycles. The summed E-state index contributed by atoms with van der Waals surface area (Å²) < 4.78 is 19.3. The quantitative estimate of drug-likeness (QED) is 0.886. The van der Waals surface area contributed by atoms with Crippen molar-refractivity contribution in [3.8, 4) is 5.75 Å². The predicted molar refractivity (Wildman–Crippen MR) is 81.7 cm³/mol. The zero-order valence-corrected chi connectivity index (χ0v) is 12.5. The molecule has 21 heavy (non-hydrogen) atoms. The van der Waals surface area contributed by atoms with Crippen LogP contribution < -0.4 is 10.5 Å². The van der Waals surface area contributed by atoms with Gasteiger partial charge in [-0.05, 0) is 49.6 Å². The van der Waals surface area contributed by atoms with Crippen molar-refractivity contribution in [3.63, 3.8) is 0 Å². The highest BCUT2D eigenvalue weighted by Crippen LogP contribution is 2.19. The van der Waals surface area contributed by atoms with Gasteiger partial charge in [0.25, 0.3) is 0 Å². The fraction of sp³-hybridized carbons (Fsp3) is 0.353. The van der Waals surface area contributed by atoms with Gasteiger partial charge in [-0.3, -0.25) is 4.98 Å². The molecule has 2 N–H and O–H groups in total. The number of benzene rings is 1. The number of hydrogen-bond acceptors (Lipinski definition) is 3. The summed E-state index contributed by atoms with van der Waals surface area (Å²) in [6.45, 7) is 4.27. The Hall–Kier alpha value is -1.94. The molecule has 0 spiro atoms. The molecule has 1 atom stereocenters. The molecular formula is C17H21FN2O. The van der Waals surface area contributed by atoms with Gasteiger partial charge in [0.05, 0.1) is 5.69 Å². The van der Waals surface area contributed by atoms with Crippen LogP contribution in [0.25, 0.3) is 0 Å². The molecule has 0 saturated carbocycles. The second kappa shape index (κ2) is 7.18. The maximum absolute atomic E-state index is 13.6. The fourth-order valence-corrected chi connectivity index (χ4v) is 2.11. The van der Waals surface area contributed by atoms with Crippen LogP contribution in [0.15, 0.2) is 36.4 Å². The van der Waals surface area contributed by atoms with E-state index in [1.165, 1.54) is 12.1 Å². The summed E-state index contributed by atoms with van der Waals surface area (Å²) in [6.07, 6.45) is 1.51. The Morgan fingerprint density at radius 1 is 1.29 bits per heavy atom. The molecule has 2 rings (SSSR count). The van der Waals surface area contributed by atoms with Crippen molar-refractivity contribution in [1.29, 1.82) is 0 Å². The van der Waals surface area contributed by atoms with E-state index in [9.17, 15) is 4.39 Å². The summed E-state index contributed by atoms with van der Waals surface area (Å²) in [5.41, 5.74) is 8.53. The van der Waals surface area contributed by atoms with Crippen molar-refractivity contribution in [2.45, 2.75) is 39.3 Å². The second-order valence-corrected chi connectivity index (χ2v) is 5.23. The lowest BCUT2D eigenvalue weighted by molar-refractivity contribution is 0.299. The van der Waals surface area contributed by atoms with E-state index in [4.69, 9.17) is 10.5 Å². The van der Waals surface area contributed by atoms with Crippen molar-refractivity contribution in [1.82, 2.24) is 4.98 Å². The second-order valence-electron chi connectivity index (χ2n) is 5.23. The molecule has 0 aliphatic carbocycles. The Balaban J connectivity index is 2.06. The summed E-state index contributed by atoms with van der Waals surface area (Å²) in [5, 5.41) is 0. The number of nitrogens with zero attached hydrogens (tertiary/aromatic N) is 1. The molecule has 0 amide bonds. The summed E-state index contributed by atoms with van der Waals surface area (Å²) in [7, 11) is 0. The van der Waals surface area contributed by atoms with E-state index in [-0.39, 0.29) is 11.9 Å². The van der Waals surface area contributed by atoms with Crippen LogP contribution in [0, 0.1) is 12.7 Å². The first-order valence-corrected chi connectivity index (χ1v) is 7.17. The van der Waals surface area contributed by atoms with Crippen molar-refractivity contribution in [2.24, 2.45) is 5.73 Å². The lowest BCUT2D eigenvalue weighted by Crippen LogP contribution is -2.21. The monoisotopic (exact) mass is 288 g/mol. The van der Waals surface area contributed by atoms with Crippen LogP contribution in [0.3, 0.4) is 0 Å². The lowest BCUT2D eigenvalue weighted by atomic mass is 10.0. The molecule has 0 bridgehead atoms. The number of halogens is 1. The zero-order chi connectivity index (χ0) is 15.2. The molecule has 0 aliphatic rings. The van der Waals surface area contributed by atoms with Gasteiger partial charge in [-0.2, -0.15) is 0 Å². The highest BCUT2D eigenvalue weighted by Gasteiger charge is 2.06. The summed E-state index contributed by atoms with van der Waals surface area (Å²) in [5.74, 6) is 0.208. The molecule has 1 heterocycles. The van der Waals surface area contributed by atoms with Crippen LogP contribution in [0.2, 0.25) is 0 Å². The van der Waals surface area contributed by atoms with Crippen LogP contribution in [0.4, 0.5) is 4.39 Å². The Bertz CT molecular complexity index is 601. The van der Waals surface area contributed by atoms with E-state index < -0.39 is 0 Å². The normalized spacial score (nSPS) is 12.2. The van der Waals surface area contributed by atoms with Crippen molar-refractivity contribution >= 4 is 0 Å². The predicted octanol–water partition coefficient (Wildman–Crippen LogP) is 3.39. The van der Waals surface area contributed by atoms with Gasteiger partial charge in [0, 0.05) is 17.8 Å². The number of rotatable bonds is 6. The summed E-state index contributed by atoms with van der Waals surface area (Å²) >= 11 is 0. The highest BCUT2D eigenvalue weighted by atomic mass is 19.1. The molecule has 112 valence electrons. The van der Waals surface area contributed by atoms with Gasteiger partial charge in [0.1, 0.15) is 18.2 Å². The van der Waals surface area contributed by atoms with Crippen molar-refractivity contribution < 1.29 is 9.13 Å². The summed E-state index contributed by atoms with van der Waals surface area (Å²) in [4.78, 5) is 4.36. The topological polar surface area (TPSA) is 48.1 Å². The van der Waals surface area contributed by atoms with Crippen LogP contribution in [-0.2, 0) is 13.0 Å². The SMILES string of the molecule is CCC(N)Cc1cc(F)cc(OCc2cccc(C)n2)c1. The first kappa shape index (κ1) is 15.4. The number of pyridine rings is 1. The van der Waals surface area contributed by atoms with Crippen LogP contribution >= 0.6 is 0 Å². The Labute approximate surface area is 125 Å². The average Bonchev–Trinajstić information content (AvgIpc) is 2.44. The Kier molecular flexibility index (Phi) is 5.28. The maximum Gasteiger partial charge on any atom is 0.130 e. The fourth-order valence-electron chi connectivity index (χ4n) is 2.11. The van der Waals surface area contributed by atoms with E-state index in [1.54, 1.807) is 0 Å². The molecule has 3 nitrogen and oxygen atoms in total. The standard InChI is InChI=1S/C17H21FN2O/c1-3-15(19)8-13-7-14(18)10-17(9-13)21-11-16-6-4-5-12(2)20-16/h4-7,9-10,15H,3,8,11,19H2,1-2H3. The molecule has 4 heteroatoms. The van der Waals surface area contributed by atoms with Gasteiger partial charge in [0.15, 0.2) is 0 Å². The third kappa shape index (κ3) is 4.83. The maximum atomic E-state index is 13.6. The minimum atomic E-state index is -0.303. The molecule has 0 saturated heterocycles. The number of nitrogens with two attached hydrogens (primary N) is 1. The number of hydrogen-bond donors (Lipinski definition) is 1. The molecule has 1 unspecified atom stereocenters. The minimum absolute atomic E-state index is 0.0399. The zero-order valence-electron chi connectivity index (χ0n) is 12.5. The molecular weight excluding hydrogens is 267 g/mol. The molecule has 2 aromatic rings. The van der Waals surface area contributed by atoms with Gasteiger partial charge < -0.3 is 10.5 Å². The lowest BCUT2D eigenvalue weighted by Gasteiger charge is -2.11. The van der Waals surface area contributed by atoms with E-state index >= 15 is 0 Å². The molecule has 1 aromatic carbocycles. The Morgan fingerprint density at radius 2 is 2.10 bits per heavy atom. The first-order valence-electron chi connectivity index (χ1n) is 7.17. The van der Waals surface area contributed by atoms with E-state index in [0.717, 1.165) is 23.4 Å².